The largest absolute Gasteiger partial charge is 0.352 e. The van der Waals surface area contributed by atoms with Crippen molar-refractivity contribution in [3.05, 3.63) is 35.9 Å². The number of piperidine rings is 1. The maximum absolute atomic E-state index is 12.1. The fourth-order valence-corrected chi connectivity index (χ4v) is 2.41. The van der Waals surface area contributed by atoms with Crippen LogP contribution in [0.5, 0.6) is 0 Å². The van der Waals surface area contributed by atoms with Gasteiger partial charge in [0.2, 0.25) is 11.8 Å². The summed E-state index contributed by atoms with van der Waals surface area (Å²) >= 11 is 0. The van der Waals surface area contributed by atoms with Gasteiger partial charge >= 0.3 is 0 Å². The van der Waals surface area contributed by atoms with E-state index in [1.807, 2.05) is 30.3 Å². The van der Waals surface area contributed by atoms with Crippen LogP contribution in [0.2, 0.25) is 0 Å². The lowest BCUT2D eigenvalue weighted by Gasteiger charge is -2.31. The van der Waals surface area contributed by atoms with Gasteiger partial charge in [-0.1, -0.05) is 30.3 Å². The molecule has 0 aliphatic carbocycles. The summed E-state index contributed by atoms with van der Waals surface area (Å²) in [6.45, 7) is 3.44. The van der Waals surface area contributed by atoms with Crippen LogP contribution in [0.25, 0.3) is 0 Å². The van der Waals surface area contributed by atoms with Crippen LogP contribution < -0.4 is 5.32 Å². The Labute approximate surface area is 113 Å². The highest BCUT2D eigenvalue weighted by Gasteiger charge is 2.26. The highest BCUT2D eigenvalue weighted by atomic mass is 16.2. The van der Waals surface area contributed by atoms with E-state index in [1.54, 1.807) is 11.8 Å². The molecule has 0 radical (unpaired) electrons. The second-order valence-corrected chi connectivity index (χ2v) is 5.01. The smallest absolute Gasteiger partial charge is 0.225 e. The van der Waals surface area contributed by atoms with E-state index in [1.165, 1.54) is 0 Å². The molecule has 0 bridgehead atoms. The third kappa shape index (κ3) is 3.81. The van der Waals surface area contributed by atoms with E-state index in [2.05, 4.69) is 5.32 Å². The minimum absolute atomic E-state index is 0.0507. The third-order valence-corrected chi connectivity index (χ3v) is 3.55. The Hall–Kier alpha value is -1.84. The molecule has 1 aromatic rings. The van der Waals surface area contributed by atoms with Crippen molar-refractivity contribution in [3.63, 3.8) is 0 Å². The average molecular weight is 260 g/mol. The van der Waals surface area contributed by atoms with Crippen molar-refractivity contribution in [2.45, 2.75) is 26.3 Å². The number of amides is 2. The molecule has 1 aliphatic rings. The quantitative estimate of drug-likeness (QED) is 0.896. The number of likely N-dealkylation sites (tertiary alicyclic amines) is 1. The first-order chi connectivity index (χ1) is 9.16. The fourth-order valence-electron chi connectivity index (χ4n) is 2.41. The predicted molar refractivity (Wildman–Crippen MR) is 73.3 cm³/mol. The normalized spacial score (nSPS) is 19.0. The van der Waals surface area contributed by atoms with Crippen LogP contribution in [0.15, 0.2) is 30.3 Å². The zero-order valence-corrected chi connectivity index (χ0v) is 11.3. The number of hydrogen-bond acceptors (Lipinski definition) is 2. The van der Waals surface area contributed by atoms with Gasteiger partial charge in [-0.2, -0.15) is 0 Å². The van der Waals surface area contributed by atoms with Crippen LogP contribution in [-0.4, -0.2) is 29.8 Å². The molecule has 1 N–H and O–H groups in total. The molecular formula is C15H20N2O2. The van der Waals surface area contributed by atoms with Gasteiger partial charge in [0.1, 0.15) is 0 Å². The van der Waals surface area contributed by atoms with Crippen LogP contribution in [0.1, 0.15) is 25.3 Å². The molecular weight excluding hydrogens is 240 g/mol. The van der Waals surface area contributed by atoms with Crippen molar-refractivity contribution in [2.75, 3.05) is 13.1 Å². The third-order valence-electron chi connectivity index (χ3n) is 3.55. The van der Waals surface area contributed by atoms with Crippen molar-refractivity contribution in [3.8, 4) is 0 Å². The van der Waals surface area contributed by atoms with Gasteiger partial charge in [-0.15, -0.1) is 0 Å². The summed E-state index contributed by atoms with van der Waals surface area (Å²) in [6, 6.07) is 9.85. The van der Waals surface area contributed by atoms with Crippen molar-refractivity contribution >= 4 is 11.8 Å². The van der Waals surface area contributed by atoms with Crippen LogP contribution in [0.3, 0.4) is 0 Å². The Bertz CT molecular complexity index is 445. The minimum Gasteiger partial charge on any atom is -0.352 e. The van der Waals surface area contributed by atoms with Gasteiger partial charge in [-0.25, -0.2) is 0 Å². The molecule has 1 unspecified atom stereocenters. The lowest BCUT2D eigenvalue weighted by molar-refractivity contribution is -0.134. The van der Waals surface area contributed by atoms with E-state index < -0.39 is 0 Å². The maximum atomic E-state index is 12.1. The molecule has 0 spiro atoms. The molecule has 2 rings (SSSR count). The van der Waals surface area contributed by atoms with E-state index in [4.69, 9.17) is 0 Å². The SMILES string of the molecule is CC(=O)N1CCCC(C(=O)NCc2ccccc2)C1. The molecule has 1 atom stereocenters. The van der Waals surface area contributed by atoms with Gasteiger partial charge in [-0.3, -0.25) is 9.59 Å². The number of carbonyl (C=O) groups excluding carboxylic acids is 2. The van der Waals surface area contributed by atoms with E-state index in [9.17, 15) is 9.59 Å². The zero-order chi connectivity index (χ0) is 13.7. The van der Waals surface area contributed by atoms with Crippen molar-refractivity contribution in [1.82, 2.24) is 10.2 Å². The molecule has 1 saturated heterocycles. The molecule has 102 valence electrons. The molecule has 19 heavy (non-hydrogen) atoms. The molecule has 4 heteroatoms. The van der Waals surface area contributed by atoms with Crippen molar-refractivity contribution in [2.24, 2.45) is 5.92 Å². The first-order valence-electron chi connectivity index (χ1n) is 6.74. The zero-order valence-electron chi connectivity index (χ0n) is 11.3. The summed E-state index contributed by atoms with van der Waals surface area (Å²) in [5.74, 6) is 0.0386. The van der Waals surface area contributed by atoms with E-state index >= 15 is 0 Å². The van der Waals surface area contributed by atoms with Gasteiger partial charge in [0.25, 0.3) is 0 Å². The highest BCUT2D eigenvalue weighted by Crippen LogP contribution is 2.16. The van der Waals surface area contributed by atoms with Gasteiger partial charge in [0, 0.05) is 26.6 Å². The Balaban J connectivity index is 1.84. The summed E-state index contributed by atoms with van der Waals surface area (Å²) in [4.78, 5) is 25.2. The fraction of sp³-hybridized carbons (Fsp3) is 0.467. The Morgan fingerprint density at radius 3 is 2.74 bits per heavy atom. The van der Waals surface area contributed by atoms with E-state index in [0.29, 0.717) is 13.1 Å². The molecule has 0 saturated carbocycles. The molecule has 1 aromatic carbocycles. The van der Waals surface area contributed by atoms with Crippen LogP contribution in [-0.2, 0) is 16.1 Å². The minimum atomic E-state index is -0.0682. The lowest BCUT2D eigenvalue weighted by Crippen LogP contribution is -2.44. The van der Waals surface area contributed by atoms with Crippen LogP contribution in [0.4, 0.5) is 0 Å². The van der Waals surface area contributed by atoms with Gasteiger partial charge < -0.3 is 10.2 Å². The number of carbonyl (C=O) groups is 2. The molecule has 2 amide bonds. The topological polar surface area (TPSA) is 49.4 Å². The number of benzene rings is 1. The molecule has 4 nitrogen and oxygen atoms in total. The molecule has 0 aromatic heterocycles. The summed E-state index contributed by atoms with van der Waals surface area (Å²) in [6.07, 6.45) is 1.77. The summed E-state index contributed by atoms with van der Waals surface area (Å²) in [7, 11) is 0. The Morgan fingerprint density at radius 1 is 1.32 bits per heavy atom. The van der Waals surface area contributed by atoms with Crippen molar-refractivity contribution < 1.29 is 9.59 Å². The standard InChI is InChI=1S/C15H20N2O2/c1-12(18)17-9-5-8-14(11-17)15(19)16-10-13-6-3-2-4-7-13/h2-4,6-7,14H,5,8-11H2,1H3,(H,16,19). The number of hydrogen-bond donors (Lipinski definition) is 1. The van der Waals surface area contributed by atoms with Gasteiger partial charge in [0.15, 0.2) is 0 Å². The average Bonchev–Trinajstić information content (AvgIpc) is 2.46. The molecule has 1 fully saturated rings. The number of nitrogens with one attached hydrogen (secondary N) is 1. The van der Waals surface area contributed by atoms with Crippen LogP contribution in [0, 0.1) is 5.92 Å². The Morgan fingerprint density at radius 2 is 2.05 bits per heavy atom. The summed E-state index contributed by atoms with van der Waals surface area (Å²) < 4.78 is 0. The summed E-state index contributed by atoms with van der Waals surface area (Å²) in [5.41, 5.74) is 1.09. The van der Waals surface area contributed by atoms with Gasteiger partial charge in [-0.05, 0) is 18.4 Å². The predicted octanol–water partition coefficient (Wildman–Crippen LogP) is 1.56. The van der Waals surface area contributed by atoms with Crippen LogP contribution >= 0.6 is 0 Å². The van der Waals surface area contributed by atoms with Gasteiger partial charge in [0.05, 0.1) is 5.92 Å². The highest BCUT2D eigenvalue weighted by molar-refractivity contribution is 5.80. The number of rotatable bonds is 3. The monoisotopic (exact) mass is 260 g/mol. The lowest BCUT2D eigenvalue weighted by atomic mass is 9.97. The number of nitrogens with zero attached hydrogens (tertiary/aromatic N) is 1. The summed E-state index contributed by atoms with van der Waals surface area (Å²) in [5, 5.41) is 2.95. The second-order valence-electron chi connectivity index (χ2n) is 5.01. The molecule has 1 heterocycles. The maximum Gasteiger partial charge on any atom is 0.225 e. The second kappa shape index (κ2) is 6.36. The van der Waals surface area contributed by atoms with Crippen molar-refractivity contribution in [1.29, 1.82) is 0 Å². The Kier molecular flexibility index (Phi) is 4.55. The first-order valence-corrected chi connectivity index (χ1v) is 6.74. The van der Waals surface area contributed by atoms with E-state index in [0.717, 1.165) is 24.9 Å². The molecule has 1 aliphatic heterocycles. The first kappa shape index (κ1) is 13.6. The van der Waals surface area contributed by atoms with E-state index in [-0.39, 0.29) is 17.7 Å².